The number of nitrogens with one attached hydrogen (secondary N) is 1. The number of rotatable bonds is 5. The quantitative estimate of drug-likeness (QED) is 0.188. The fourth-order valence-electron chi connectivity index (χ4n) is 10.5. The van der Waals surface area contributed by atoms with Gasteiger partial charge in [-0.2, -0.15) is 0 Å². The van der Waals surface area contributed by atoms with Gasteiger partial charge in [0.2, 0.25) is 0 Å². The highest BCUT2D eigenvalue weighted by Gasteiger charge is 2.36. The lowest BCUT2D eigenvalue weighted by molar-refractivity contribution is 0.632. The lowest BCUT2D eigenvalue weighted by Crippen LogP contribution is -2.30. The Morgan fingerprint density at radius 3 is 1.81 bits per heavy atom. The summed E-state index contributed by atoms with van der Waals surface area (Å²) in [4.78, 5) is 2.42. The van der Waals surface area contributed by atoms with Crippen LogP contribution in [0.5, 0.6) is 0 Å². The van der Waals surface area contributed by atoms with E-state index < -0.39 is 0 Å². The van der Waals surface area contributed by atoms with Gasteiger partial charge in [0.05, 0.1) is 16.8 Å². The summed E-state index contributed by atoms with van der Waals surface area (Å²) in [6.45, 7) is 13.6. The van der Waals surface area contributed by atoms with Crippen molar-refractivity contribution in [2.24, 2.45) is 0 Å². The van der Waals surface area contributed by atoms with Gasteiger partial charge in [-0.3, -0.25) is 0 Å². The highest BCUT2D eigenvalue weighted by atomic mass is 16.3. The van der Waals surface area contributed by atoms with Crippen molar-refractivity contribution in [3.05, 3.63) is 197 Å². The highest BCUT2D eigenvalue weighted by Crippen LogP contribution is 2.52. The molecule has 0 amide bonds. The molecule has 11 aromatic rings. The zero-order valence-corrected chi connectivity index (χ0v) is 35.9. The number of nitrogens with zero attached hydrogens (tertiary/aromatic N) is 1. The van der Waals surface area contributed by atoms with Crippen molar-refractivity contribution in [2.75, 3.05) is 10.2 Å². The normalized spacial score (nSPS) is 13.7. The van der Waals surface area contributed by atoms with Gasteiger partial charge in [-0.15, -0.1) is 0 Å². The maximum atomic E-state index is 6.99. The van der Waals surface area contributed by atoms with E-state index in [0.717, 1.165) is 82.7 Å². The van der Waals surface area contributed by atoms with Crippen molar-refractivity contribution < 1.29 is 8.83 Å². The lowest BCUT2D eigenvalue weighted by atomic mass is 9.73. The molecular weight excluding hydrogens is 757 g/mol. The molecule has 3 heterocycles. The van der Waals surface area contributed by atoms with Gasteiger partial charge in [0, 0.05) is 44.1 Å². The summed E-state index contributed by atoms with van der Waals surface area (Å²) in [5.41, 5.74) is 16.4. The maximum Gasteiger partial charge on any atom is 0.147 e. The smallest absolute Gasteiger partial charge is 0.147 e. The molecule has 0 bridgehead atoms. The molecule has 4 nitrogen and oxygen atoms in total. The fraction of sp³-hybridized carbons (Fsp3) is 0.138. The van der Waals surface area contributed by atoms with Crippen molar-refractivity contribution in [2.45, 2.75) is 52.4 Å². The first kappa shape index (κ1) is 36.5. The van der Waals surface area contributed by atoms with Gasteiger partial charge in [-0.1, -0.05) is 125 Å². The molecule has 12 rings (SSSR count). The monoisotopic (exact) mass is 802 g/mol. The van der Waals surface area contributed by atoms with Crippen LogP contribution in [0.25, 0.3) is 65.4 Å². The summed E-state index contributed by atoms with van der Waals surface area (Å²) in [5.74, 6) is 0. The molecule has 0 radical (unpaired) electrons. The SMILES string of the molecule is Cc1c(C)c2c3cc4ccc(N5c6ccccc6C(C)(C)c6ccccc65)cc4cc3oc2c2c1oc1cc3cc(Nc4ccccc4C(C)(C)c4ccccc4)ccc3cc12. The number of hydrogen-bond donors (Lipinski definition) is 1. The van der Waals surface area contributed by atoms with E-state index in [4.69, 9.17) is 8.83 Å². The summed E-state index contributed by atoms with van der Waals surface area (Å²) < 4.78 is 13.8. The molecule has 1 N–H and O–H groups in total. The molecule has 9 aromatic carbocycles. The minimum atomic E-state index is -0.180. The van der Waals surface area contributed by atoms with Crippen LogP contribution in [0.2, 0.25) is 0 Å². The molecule has 1 aliphatic heterocycles. The molecule has 0 atom stereocenters. The fourth-order valence-corrected chi connectivity index (χ4v) is 10.5. The Morgan fingerprint density at radius 1 is 0.516 bits per heavy atom. The molecule has 0 saturated carbocycles. The lowest BCUT2D eigenvalue weighted by Gasteiger charge is -2.42. The largest absolute Gasteiger partial charge is 0.456 e. The van der Waals surface area contributed by atoms with E-state index >= 15 is 0 Å². The first-order valence-corrected chi connectivity index (χ1v) is 21.7. The van der Waals surface area contributed by atoms with E-state index in [1.54, 1.807) is 0 Å². The molecule has 300 valence electrons. The Bertz CT molecular complexity index is 3590. The number of aryl methyl sites for hydroxylation is 2. The molecule has 0 unspecified atom stereocenters. The maximum absolute atomic E-state index is 6.99. The minimum Gasteiger partial charge on any atom is -0.456 e. The zero-order valence-electron chi connectivity index (χ0n) is 35.9. The van der Waals surface area contributed by atoms with Gasteiger partial charge in [0.1, 0.15) is 22.3 Å². The van der Waals surface area contributed by atoms with Gasteiger partial charge in [0.15, 0.2) is 0 Å². The molecule has 0 aliphatic carbocycles. The molecule has 0 saturated heterocycles. The van der Waals surface area contributed by atoms with Crippen LogP contribution >= 0.6 is 0 Å². The third-order valence-corrected chi connectivity index (χ3v) is 14.1. The molecule has 62 heavy (non-hydrogen) atoms. The number of hydrogen-bond acceptors (Lipinski definition) is 4. The molecule has 2 aromatic heterocycles. The second kappa shape index (κ2) is 13.1. The Kier molecular flexibility index (Phi) is 7.72. The Balaban J connectivity index is 0.969. The van der Waals surface area contributed by atoms with Crippen molar-refractivity contribution >= 4 is 93.9 Å². The topological polar surface area (TPSA) is 41.6 Å². The van der Waals surface area contributed by atoms with E-state index in [-0.39, 0.29) is 10.8 Å². The Labute approximate surface area is 361 Å². The summed E-state index contributed by atoms with van der Waals surface area (Å²) in [6, 6.07) is 59.4. The van der Waals surface area contributed by atoms with Gasteiger partial charge >= 0.3 is 0 Å². The number of furan rings is 2. The van der Waals surface area contributed by atoms with Crippen LogP contribution in [0, 0.1) is 13.8 Å². The number of benzene rings is 9. The van der Waals surface area contributed by atoms with E-state index in [1.807, 2.05) is 0 Å². The second-order valence-corrected chi connectivity index (χ2v) is 18.3. The zero-order chi connectivity index (χ0) is 42.1. The van der Waals surface area contributed by atoms with Crippen LogP contribution < -0.4 is 10.2 Å². The average Bonchev–Trinajstić information content (AvgIpc) is 3.85. The van der Waals surface area contributed by atoms with Crippen molar-refractivity contribution in [3.63, 3.8) is 0 Å². The van der Waals surface area contributed by atoms with E-state index in [9.17, 15) is 0 Å². The standard InChI is InChI=1S/C58H46N2O2/c1-34-35(2)55-54(44-31-36-24-26-41(28-38(36)32-52(44)61-55)59-48-21-13-10-18-45(48)57(3,4)40-16-8-7-9-17-40)56-53(34)43-30-37-25-27-42(29-39(37)33-51(43)62-56)60-49-22-14-11-19-46(49)58(5,6)47-20-12-15-23-50(47)60/h7-33,59H,1-6H3. The number of anilines is 5. The minimum absolute atomic E-state index is 0.112. The molecule has 0 fully saturated rings. The van der Waals surface area contributed by atoms with Crippen LogP contribution in [0.4, 0.5) is 28.4 Å². The average molecular weight is 803 g/mol. The van der Waals surface area contributed by atoms with Gasteiger partial charge < -0.3 is 19.1 Å². The van der Waals surface area contributed by atoms with Crippen LogP contribution in [-0.4, -0.2) is 0 Å². The van der Waals surface area contributed by atoms with Crippen LogP contribution in [-0.2, 0) is 10.8 Å². The molecular formula is C58H46N2O2. The van der Waals surface area contributed by atoms with Gasteiger partial charge in [0.25, 0.3) is 0 Å². The van der Waals surface area contributed by atoms with Crippen molar-refractivity contribution in [1.29, 1.82) is 0 Å². The van der Waals surface area contributed by atoms with Crippen LogP contribution in [0.15, 0.2) is 173 Å². The van der Waals surface area contributed by atoms with Gasteiger partial charge in [-0.05, 0) is 136 Å². The second-order valence-electron chi connectivity index (χ2n) is 18.3. The van der Waals surface area contributed by atoms with Crippen molar-refractivity contribution in [3.8, 4) is 0 Å². The molecule has 0 spiro atoms. The van der Waals surface area contributed by atoms with Crippen LogP contribution in [0.1, 0.15) is 61.1 Å². The van der Waals surface area contributed by atoms with E-state index in [2.05, 4.69) is 216 Å². The first-order valence-electron chi connectivity index (χ1n) is 21.7. The predicted molar refractivity (Wildman–Crippen MR) is 261 cm³/mol. The van der Waals surface area contributed by atoms with Crippen molar-refractivity contribution in [1.82, 2.24) is 0 Å². The van der Waals surface area contributed by atoms with E-state index in [0.29, 0.717) is 0 Å². The predicted octanol–water partition coefficient (Wildman–Crippen LogP) is 16.6. The Morgan fingerprint density at radius 2 is 1.10 bits per heavy atom. The summed E-state index contributed by atoms with van der Waals surface area (Å²) in [7, 11) is 0. The summed E-state index contributed by atoms with van der Waals surface area (Å²) in [5, 5.41) is 12.7. The third-order valence-electron chi connectivity index (χ3n) is 14.1. The van der Waals surface area contributed by atoms with Gasteiger partial charge in [-0.25, -0.2) is 0 Å². The number of fused-ring (bicyclic) bond motifs is 11. The number of para-hydroxylation sites is 3. The summed E-state index contributed by atoms with van der Waals surface area (Å²) >= 11 is 0. The first-order chi connectivity index (χ1) is 30.1. The highest BCUT2D eigenvalue weighted by molar-refractivity contribution is 6.26. The van der Waals surface area contributed by atoms with E-state index in [1.165, 1.54) is 44.6 Å². The molecule has 1 aliphatic rings. The summed E-state index contributed by atoms with van der Waals surface area (Å²) in [6.07, 6.45) is 0. The Hall–Kier alpha value is -7.30. The molecule has 4 heteroatoms. The third kappa shape index (κ3) is 5.26. The van der Waals surface area contributed by atoms with Crippen LogP contribution in [0.3, 0.4) is 0 Å².